The molecule has 1 aromatic rings. The molecule has 21 heavy (non-hydrogen) atoms. The zero-order valence-electron chi connectivity index (χ0n) is 13.6. The van der Waals surface area contributed by atoms with E-state index in [9.17, 15) is 0 Å². The summed E-state index contributed by atoms with van der Waals surface area (Å²) in [4.78, 5) is 2.48. The number of hydrogen-bond acceptors (Lipinski definition) is 4. The van der Waals surface area contributed by atoms with Gasteiger partial charge in [-0.3, -0.25) is 4.90 Å². The third-order valence-electron chi connectivity index (χ3n) is 3.87. The van der Waals surface area contributed by atoms with E-state index >= 15 is 0 Å². The lowest BCUT2D eigenvalue weighted by molar-refractivity contribution is 0.204. The van der Waals surface area contributed by atoms with Gasteiger partial charge in [0, 0.05) is 29.7 Å². The van der Waals surface area contributed by atoms with Crippen LogP contribution >= 0.6 is 11.8 Å². The Labute approximate surface area is 133 Å². The highest BCUT2D eigenvalue weighted by molar-refractivity contribution is 7.99. The lowest BCUT2D eigenvalue weighted by Crippen LogP contribution is -2.47. The SMILES string of the molecule is CCNC(c1ccccc1OC(C)C)C1CSCCN1C. The summed E-state index contributed by atoms with van der Waals surface area (Å²) in [6.07, 6.45) is 0.201. The van der Waals surface area contributed by atoms with Gasteiger partial charge in [-0.25, -0.2) is 0 Å². The van der Waals surface area contributed by atoms with Crippen LogP contribution in [0.3, 0.4) is 0 Å². The number of nitrogens with one attached hydrogen (secondary N) is 1. The van der Waals surface area contributed by atoms with E-state index < -0.39 is 0 Å². The fraction of sp³-hybridized carbons (Fsp3) is 0.647. The Balaban J connectivity index is 2.28. The summed E-state index contributed by atoms with van der Waals surface area (Å²) >= 11 is 2.05. The van der Waals surface area contributed by atoms with Gasteiger partial charge < -0.3 is 10.1 Å². The first-order valence-corrected chi connectivity index (χ1v) is 9.06. The minimum atomic E-state index is 0.201. The lowest BCUT2D eigenvalue weighted by Gasteiger charge is -2.39. The zero-order valence-corrected chi connectivity index (χ0v) is 14.5. The summed E-state index contributed by atoms with van der Waals surface area (Å²) in [5, 5.41) is 3.68. The summed E-state index contributed by atoms with van der Waals surface area (Å²) in [6.45, 7) is 8.47. The van der Waals surface area contributed by atoms with Gasteiger partial charge in [0.15, 0.2) is 0 Å². The largest absolute Gasteiger partial charge is 0.491 e. The molecule has 1 heterocycles. The molecule has 1 aliphatic rings. The van der Waals surface area contributed by atoms with E-state index in [4.69, 9.17) is 4.74 Å². The van der Waals surface area contributed by atoms with Crippen molar-refractivity contribution in [2.24, 2.45) is 0 Å². The van der Waals surface area contributed by atoms with Crippen LogP contribution in [0, 0.1) is 0 Å². The van der Waals surface area contributed by atoms with Crippen molar-refractivity contribution in [1.82, 2.24) is 10.2 Å². The monoisotopic (exact) mass is 308 g/mol. The van der Waals surface area contributed by atoms with Gasteiger partial charge in [0.1, 0.15) is 5.75 Å². The zero-order chi connectivity index (χ0) is 15.2. The Morgan fingerprint density at radius 2 is 2.14 bits per heavy atom. The maximum Gasteiger partial charge on any atom is 0.124 e. The van der Waals surface area contributed by atoms with Crippen molar-refractivity contribution in [3.05, 3.63) is 29.8 Å². The lowest BCUT2D eigenvalue weighted by atomic mass is 9.98. The number of para-hydroxylation sites is 1. The van der Waals surface area contributed by atoms with E-state index in [-0.39, 0.29) is 6.10 Å². The second kappa shape index (κ2) is 8.06. The van der Waals surface area contributed by atoms with E-state index in [2.05, 4.69) is 74.1 Å². The van der Waals surface area contributed by atoms with Crippen LogP contribution < -0.4 is 10.1 Å². The fourth-order valence-electron chi connectivity index (χ4n) is 2.83. The number of ether oxygens (including phenoxy) is 1. The van der Waals surface area contributed by atoms with Gasteiger partial charge in [0.25, 0.3) is 0 Å². The predicted octanol–water partition coefficient (Wildman–Crippen LogP) is 3.17. The van der Waals surface area contributed by atoms with Crippen LogP contribution in [0.25, 0.3) is 0 Å². The molecule has 2 rings (SSSR count). The fourth-order valence-corrected chi connectivity index (χ4v) is 4.10. The van der Waals surface area contributed by atoms with Gasteiger partial charge in [0.05, 0.1) is 12.1 Å². The number of hydrogen-bond donors (Lipinski definition) is 1. The molecule has 0 aromatic heterocycles. The van der Waals surface area contributed by atoms with Crippen LogP contribution in [0.5, 0.6) is 5.75 Å². The van der Waals surface area contributed by atoms with Gasteiger partial charge in [0.2, 0.25) is 0 Å². The topological polar surface area (TPSA) is 24.5 Å². The summed E-state index contributed by atoms with van der Waals surface area (Å²) in [7, 11) is 2.24. The molecule has 1 N–H and O–H groups in total. The molecular formula is C17H28N2OS. The molecule has 0 radical (unpaired) electrons. The minimum Gasteiger partial charge on any atom is -0.491 e. The maximum atomic E-state index is 6.03. The van der Waals surface area contributed by atoms with Crippen molar-refractivity contribution >= 4 is 11.8 Å². The van der Waals surface area contributed by atoms with Crippen LogP contribution in [-0.4, -0.2) is 48.7 Å². The maximum absolute atomic E-state index is 6.03. The molecule has 1 aliphatic heterocycles. The van der Waals surface area contributed by atoms with Gasteiger partial charge in [-0.2, -0.15) is 11.8 Å². The average Bonchev–Trinajstić information content (AvgIpc) is 2.46. The Bertz CT molecular complexity index is 439. The Kier molecular flexibility index (Phi) is 6.40. The van der Waals surface area contributed by atoms with E-state index in [0.717, 1.165) is 18.8 Å². The molecule has 2 atom stereocenters. The number of rotatable bonds is 6. The molecule has 0 amide bonds. The van der Waals surface area contributed by atoms with E-state index in [1.165, 1.54) is 17.1 Å². The second-order valence-electron chi connectivity index (χ2n) is 5.86. The third-order valence-corrected chi connectivity index (χ3v) is 4.92. The van der Waals surface area contributed by atoms with Gasteiger partial charge in [-0.15, -0.1) is 0 Å². The smallest absolute Gasteiger partial charge is 0.124 e. The predicted molar refractivity (Wildman–Crippen MR) is 92.4 cm³/mol. The normalized spacial score (nSPS) is 21.5. The van der Waals surface area contributed by atoms with Crippen LogP contribution in [-0.2, 0) is 0 Å². The van der Waals surface area contributed by atoms with E-state index in [1.54, 1.807) is 0 Å². The summed E-state index contributed by atoms with van der Waals surface area (Å²) < 4.78 is 6.03. The summed E-state index contributed by atoms with van der Waals surface area (Å²) in [6, 6.07) is 9.31. The van der Waals surface area contributed by atoms with Crippen molar-refractivity contribution in [1.29, 1.82) is 0 Å². The van der Waals surface area contributed by atoms with Crippen molar-refractivity contribution in [3.8, 4) is 5.75 Å². The molecule has 1 aromatic carbocycles. The Morgan fingerprint density at radius 1 is 1.38 bits per heavy atom. The van der Waals surface area contributed by atoms with E-state index in [1.807, 2.05) is 0 Å². The molecule has 3 nitrogen and oxygen atoms in total. The van der Waals surface area contributed by atoms with Crippen molar-refractivity contribution < 1.29 is 4.74 Å². The van der Waals surface area contributed by atoms with Gasteiger partial charge >= 0.3 is 0 Å². The molecule has 0 aliphatic carbocycles. The Hall–Kier alpha value is -0.710. The first kappa shape index (κ1) is 16.7. The molecular weight excluding hydrogens is 280 g/mol. The summed E-state index contributed by atoms with van der Waals surface area (Å²) in [5.41, 5.74) is 1.28. The first-order chi connectivity index (χ1) is 10.1. The Morgan fingerprint density at radius 3 is 2.81 bits per heavy atom. The standard InChI is InChI=1S/C17H28N2OS/c1-5-18-17(15-12-21-11-10-19(15)4)14-8-6-7-9-16(14)20-13(2)3/h6-9,13,15,17-18H,5,10-12H2,1-4H3. The molecule has 0 spiro atoms. The van der Waals surface area contributed by atoms with Crippen molar-refractivity contribution in [2.45, 2.75) is 39.0 Å². The molecule has 118 valence electrons. The number of thioether (sulfide) groups is 1. The van der Waals surface area contributed by atoms with Gasteiger partial charge in [-0.05, 0) is 33.5 Å². The van der Waals surface area contributed by atoms with Crippen molar-refractivity contribution in [3.63, 3.8) is 0 Å². The van der Waals surface area contributed by atoms with Crippen LogP contribution in [0.4, 0.5) is 0 Å². The van der Waals surface area contributed by atoms with Gasteiger partial charge in [-0.1, -0.05) is 25.1 Å². The number of likely N-dealkylation sites (N-methyl/N-ethyl adjacent to an activating group) is 2. The minimum absolute atomic E-state index is 0.201. The van der Waals surface area contributed by atoms with Crippen LogP contribution in [0.2, 0.25) is 0 Å². The highest BCUT2D eigenvalue weighted by Crippen LogP contribution is 2.32. The number of benzene rings is 1. The average molecular weight is 308 g/mol. The summed E-state index contributed by atoms with van der Waals surface area (Å²) in [5.74, 6) is 3.42. The molecule has 0 bridgehead atoms. The molecule has 2 unspecified atom stereocenters. The molecule has 0 saturated carbocycles. The molecule has 1 fully saturated rings. The highest BCUT2D eigenvalue weighted by Gasteiger charge is 2.30. The molecule has 1 saturated heterocycles. The van der Waals surface area contributed by atoms with Crippen LogP contribution in [0.15, 0.2) is 24.3 Å². The molecule has 4 heteroatoms. The van der Waals surface area contributed by atoms with Crippen molar-refractivity contribution in [2.75, 3.05) is 31.6 Å². The first-order valence-electron chi connectivity index (χ1n) is 7.90. The third kappa shape index (κ3) is 4.38. The number of nitrogens with zero attached hydrogens (tertiary/aromatic N) is 1. The quantitative estimate of drug-likeness (QED) is 0.872. The highest BCUT2D eigenvalue weighted by atomic mass is 32.2. The van der Waals surface area contributed by atoms with E-state index in [0.29, 0.717) is 12.1 Å². The second-order valence-corrected chi connectivity index (χ2v) is 7.01. The van der Waals surface area contributed by atoms with Crippen LogP contribution in [0.1, 0.15) is 32.4 Å².